The standard InChI is InChI=1S/C14H17N5O/c1-9-12(7-15-10(2)17-9)14(20)19-6-4-11(8-19)13-3-5-16-18-13/h3,5,7,11H,4,6,8H2,1-2H3,(H,16,18). The number of carbonyl (C=O) groups excluding carboxylic acids is 1. The quantitative estimate of drug-likeness (QED) is 0.897. The largest absolute Gasteiger partial charge is 0.338 e. The molecule has 1 saturated heterocycles. The maximum absolute atomic E-state index is 12.5. The smallest absolute Gasteiger partial charge is 0.257 e. The zero-order valence-electron chi connectivity index (χ0n) is 11.6. The van der Waals surface area contributed by atoms with E-state index in [1.165, 1.54) is 0 Å². The number of carbonyl (C=O) groups is 1. The van der Waals surface area contributed by atoms with Crippen molar-refractivity contribution in [2.45, 2.75) is 26.2 Å². The van der Waals surface area contributed by atoms with Gasteiger partial charge in [0.2, 0.25) is 0 Å². The van der Waals surface area contributed by atoms with Crippen LogP contribution in [0.25, 0.3) is 0 Å². The van der Waals surface area contributed by atoms with Gasteiger partial charge in [-0.05, 0) is 26.3 Å². The zero-order chi connectivity index (χ0) is 14.1. The third kappa shape index (κ3) is 2.29. The Bertz CT molecular complexity index is 622. The van der Waals surface area contributed by atoms with Crippen LogP contribution in [0.4, 0.5) is 0 Å². The molecule has 0 bridgehead atoms. The molecule has 6 nitrogen and oxygen atoms in total. The van der Waals surface area contributed by atoms with Crippen LogP contribution in [-0.4, -0.2) is 44.1 Å². The Labute approximate surface area is 117 Å². The summed E-state index contributed by atoms with van der Waals surface area (Å²) in [6, 6.07) is 1.97. The summed E-state index contributed by atoms with van der Waals surface area (Å²) in [5, 5.41) is 6.95. The van der Waals surface area contributed by atoms with Crippen molar-refractivity contribution >= 4 is 5.91 Å². The zero-order valence-corrected chi connectivity index (χ0v) is 11.6. The van der Waals surface area contributed by atoms with E-state index in [9.17, 15) is 4.79 Å². The SMILES string of the molecule is Cc1ncc(C(=O)N2CCC(c3ccn[nH]3)C2)c(C)n1. The number of likely N-dealkylation sites (tertiary alicyclic amines) is 1. The first-order valence-corrected chi connectivity index (χ1v) is 6.74. The Morgan fingerprint density at radius 1 is 1.45 bits per heavy atom. The highest BCUT2D eigenvalue weighted by atomic mass is 16.2. The lowest BCUT2D eigenvalue weighted by molar-refractivity contribution is 0.0789. The van der Waals surface area contributed by atoms with Crippen molar-refractivity contribution in [2.24, 2.45) is 0 Å². The summed E-state index contributed by atoms with van der Waals surface area (Å²) in [4.78, 5) is 22.8. The summed E-state index contributed by atoms with van der Waals surface area (Å²) in [5.41, 5.74) is 2.44. The van der Waals surface area contributed by atoms with Gasteiger partial charge < -0.3 is 4.90 Å². The lowest BCUT2D eigenvalue weighted by Crippen LogP contribution is -2.29. The summed E-state index contributed by atoms with van der Waals surface area (Å²) in [6.45, 7) is 5.15. The van der Waals surface area contributed by atoms with Gasteiger partial charge in [-0.2, -0.15) is 5.10 Å². The molecule has 0 aromatic carbocycles. The van der Waals surface area contributed by atoms with Crippen LogP contribution in [0.2, 0.25) is 0 Å². The van der Waals surface area contributed by atoms with Crippen molar-refractivity contribution < 1.29 is 4.79 Å². The average Bonchev–Trinajstić information content (AvgIpc) is 3.09. The van der Waals surface area contributed by atoms with Crippen molar-refractivity contribution in [3.8, 4) is 0 Å². The number of nitrogens with zero attached hydrogens (tertiary/aromatic N) is 4. The average molecular weight is 271 g/mol. The highest BCUT2D eigenvalue weighted by Crippen LogP contribution is 2.26. The molecule has 1 amide bonds. The third-order valence-electron chi connectivity index (χ3n) is 3.77. The van der Waals surface area contributed by atoms with Gasteiger partial charge in [0, 0.05) is 37.1 Å². The van der Waals surface area contributed by atoms with E-state index in [4.69, 9.17) is 0 Å². The molecule has 1 aliphatic rings. The van der Waals surface area contributed by atoms with Crippen LogP contribution in [0.3, 0.4) is 0 Å². The first-order chi connectivity index (χ1) is 9.65. The van der Waals surface area contributed by atoms with E-state index in [0.717, 1.165) is 24.4 Å². The predicted octanol–water partition coefficient (Wildman–Crippen LogP) is 1.45. The summed E-state index contributed by atoms with van der Waals surface area (Å²) in [7, 11) is 0. The molecular formula is C14H17N5O. The van der Waals surface area contributed by atoms with Crippen molar-refractivity contribution in [3.05, 3.63) is 41.2 Å². The number of hydrogen-bond donors (Lipinski definition) is 1. The predicted molar refractivity (Wildman–Crippen MR) is 73.4 cm³/mol. The molecule has 6 heteroatoms. The number of aromatic amines is 1. The number of aryl methyl sites for hydroxylation is 2. The lowest BCUT2D eigenvalue weighted by atomic mass is 10.1. The molecule has 3 rings (SSSR count). The number of aromatic nitrogens is 4. The molecule has 2 aromatic heterocycles. The maximum atomic E-state index is 12.5. The van der Waals surface area contributed by atoms with Crippen LogP contribution < -0.4 is 0 Å². The molecule has 1 N–H and O–H groups in total. The first-order valence-electron chi connectivity index (χ1n) is 6.74. The second kappa shape index (κ2) is 5.03. The van der Waals surface area contributed by atoms with Crippen LogP contribution in [0.1, 0.15) is 39.9 Å². The van der Waals surface area contributed by atoms with Gasteiger partial charge >= 0.3 is 0 Å². The van der Waals surface area contributed by atoms with Crippen LogP contribution in [-0.2, 0) is 0 Å². The van der Waals surface area contributed by atoms with Gasteiger partial charge in [0.1, 0.15) is 5.82 Å². The third-order valence-corrected chi connectivity index (χ3v) is 3.77. The van der Waals surface area contributed by atoms with E-state index in [2.05, 4.69) is 20.2 Å². The summed E-state index contributed by atoms with van der Waals surface area (Å²) in [5.74, 6) is 1.05. The summed E-state index contributed by atoms with van der Waals surface area (Å²) < 4.78 is 0. The summed E-state index contributed by atoms with van der Waals surface area (Å²) in [6.07, 6.45) is 4.33. The van der Waals surface area contributed by atoms with E-state index in [1.807, 2.05) is 24.8 Å². The highest BCUT2D eigenvalue weighted by molar-refractivity contribution is 5.95. The van der Waals surface area contributed by atoms with E-state index < -0.39 is 0 Å². The van der Waals surface area contributed by atoms with E-state index in [1.54, 1.807) is 12.4 Å². The van der Waals surface area contributed by atoms with E-state index in [-0.39, 0.29) is 5.91 Å². The van der Waals surface area contributed by atoms with Gasteiger partial charge in [0.05, 0.1) is 11.3 Å². The van der Waals surface area contributed by atoms with Crippen molar-refractivity contribution in [1.29, 1.82) is 0 Å². The topological polar surface area (TPSA) is 74.8 Å². The minimum absolute atomic E-state index is 0.0181. The molecular weight excluding hydrogens is 254 g/mol. The Morgan fingerprint density at radius 3 is 3.00 bits per heavy atom. The van der Waals surface area contributed by atoms with Crippen molar-refractivity contribution in [3.63, 3.8) is 0 Å². The fourth-order valence-electron chi connectivity index (χ4n) is 2.66. The molecule has 1 aliphatic heterocycles. The van der Waals surface area contributed by atoms with Crippen LogP contribution in [0, 0.1) is 13.8 Å². The molecule has 1 atom stereocenters. The molecule has 1 unspecified atom stereocenters. The second-order valence-corrected chi connectivity index (χ2v) is 5.17. The Hall–Kier alpha value is -2.24. The Kier molecular flexibility index (Phi) is 3.22. The van der Waals surface area contributed by atoms with Gasteiger partial charge in [0.15, 0.2) is 0 Å². The van der Waals surface area contributed by atoms with Crippen LogP contribution in [0.5, 0.6) is 0 Å². The summed E-state index contributed by atoms with van der Waals surface area (Å²) >= 11 is 0. The van der Waals surface area contributed by atoms with Crippen LogP contribution in [0.15, 0.2) is 18.5 Å². The van der Waals surface area contributed by atoms with Gasteiger partial charge in [-0.25, -0.2) is 9.97 Å². The molecule has 2 aromatic rings. The highest BCUT2D eigenvalue weighted by Gasteiger charge is 2.29. The number of rotatable bonds is 2. The number of H-pyrrole nitrogens is 1. The van der Waals surface area contributed by atoms with E-state index >= 15 is 0 Å². The first kappa shape index (κ1) is 12.8. The fraction of sp³-hybridized carbons (Fsp3) is 0.429. The van der Waals surface area contributed by atoms with Gasteiger partial charge in [-0.1, -0.05) is 0 Å². The molecule has 0 saturated carbocycles. The molecule has 0 aliphatic carbocycles. The number of amides is 1. The van der Waals surface area contributed by atoms with Gasteiger partial charge in [0.25, 0.3) is 5.91 Å². The molecule has 0 spiro atoms. The minimum atomic E-state index is 0.0181. The monoisotopic (exact) mass is 271 g/mol. The van der Waals surface area contributed by atoms with Crippen LogP contribution >= 0.6 is 0 Å². The van der Waals surface area contributed by atoms with Crippen molar-refractivity contribution in [1.82, 2.24) is 25.1 Å². The Morgan fingerprint density at radius 2 is 2.30 bits per heavy atom. The molecule has 104 valence electrons. The lowest BCUT2D eigenvalue weighted by Gasteiger charge is -2.17. The molecule has 3 heterocycles. The molecule has 20 heavy (non-hydrogen) atoms. The normalized spacial score (nSPS) is 18.5. The fourth-order valence-corrected chi connectivity index (χ4v) is 2.66. The second-order valence-electron chi connectivity index (χ2n) is 5.17. The van der Waals surface area contributed by atoms with Gasteiger partial charge in [-0.15, -0.1) is 0 Å². The van der Waals surface area contributed by atoms with Gasteiger partial charge in [-0.3, -0.25) is 9.89 Å². The number of nitrogens with one attached hydrogen (secondary N) is 1. The number of hydrogen-bond acceptors (Lipinski definition) is 4. The van der Waals surface area contributed by atoms with E-state index in [0.29, 0.717) is 23.9 Å². The Balaban J connectivity index is 1.76. The maximum Gasteiger partial charge on any atom is 0.257 e. The molecule has 1 fully saturated rings. The minimum Gasteiger partial charge on any atom is -0.338 e. The molecule has 0 radical (unpaired) electrons. The van der Waals surface area contributed by atoms with Crippen molar-refractivity contribution in [2.75, 3.05) is 13.1 Å².